The van der Waals surface area contributed by atoms with Crippen LogP contribution in [-0.4, -0.2) is 28.8 Å². The molecule has 2 heterocycles. The van der Waals surface area contributed by atoms with Gasteiger partial charge in [-0.1, -0.05) is 17.7 Å². The zero-order chi connectivity index (χ0) is 22.0. The zero-order valence-corrected chi connectivity index (χ0v) is 17.8. The van der Waals surface area contributed by atoms with Crippen molar-refractivity contribution in [2.24, 2.45) is 5.92 Å². The standard InChI is InChI=1S/C23H22ClFN4O2/c1-15-2-7-19(14-20(15)24)29-22(30)9-8-21(27-29)28-12-10-16(11-13-28)23(31)26-18-5-3-17(25)4-6-18/h2-9,14,16H,10-13H2,1H3,(H,26,31). The van der Waals surface area contributed by atoms with Crippen molar-refractivity contribution in [1.82, 2.24) is 9.78 Å². The van der Waals surface area contributed by atoms with Crippen molar-refractivity contribution in [2.75, 3.05) is 23.3 Å². The Morgan fingerprint density at radius 2 is 1.81 bits per heavy atom. The van der Waals surface area contributed by atoms with Crippen LogP contribution in [0.1, 0.15) is 18.4 Å². The van der Waals surface area contributed by atoms with Gasteiger partial charge in [-0.25, -0.2) is 4.39 Å². The largest absolute Gasteiger partial charge is 0.355 e. The summed E-state index contributed by atoms with van der Waals surface area (Å²) >= 11 is 6.21. The van der Waals surface area contributed by atoms with Crippen LogP contribution in [0.2, 0.25) is 5.02 Å². The van der Waals surface area contributed by atoms with Gasteiger partial charge in [-0.15, -0.1) is 5.10 Å². The number of halogens is 2. The summed E-state index contributed by atoms with van der Waals surface area (Å²) in [4.78, 5) is 27.0. The maximum absolute atomic E-state index is 13.0. The Morgan fingerprint density at radius 3 is 2.48 bits per heavy atom. The van der Waals surface area contributed by atoms with Crippen LogP contribution in [-0.2, 0) is 4.79 Å². The van der Waals surface area contributed by atoms with Gasteiger partial charge < -0.3 is 10.2 Å². The number of amides is 1. The lowest BCUT2D eigenvalue weighted by Crippen LogP contribution is -2.39. The lowest BCUT2D eigenvalue weighted by Gasteiger charge is -2.32. The summed E-state index contributed by atoms with van der Waals surface area (Å²) in [5, 5.41) is 7.94. The molecule has 0 saturated carbocycles. The molecule has 0 radical (unpaired) electrons. The van der Waals surface area contributed by atoms with Gasteiger partial charge in [0.2, 0.25) is 5.91 Å². The van der Waals surface area contributed by atoms with Crippen molar-refractivity contribution in [3.63, 3.8) is 0 Å². The van der Waals surface area contributed by atoms with Crippen molar-refractivity contribution in [2.45, 2.75) is 19.8 Å². The Kier molecular flexibility index (Phi) is 6.04. The van der Waals surface area contributed by atoms with Gasteiger partial charge >= 0.3 is 0 Å². The van der Waals surface area contributed by atoms with E-state index in [0.29, 0.717) is 48.1 Å². The molecule has 1 N–H and O–H groups in total. The molecule has 0 atom stereocenters. The molecule has 1 amide bonds. The highest BCUT2D eigenvalue weighted by molar-refractivity contribution is 6.31. The number of hydrogen-bond donors (Lipinski definition) is 1. The first kappa shape index (κ1) is 21.1. The molecule has 0 aliphatic carbocycles. The van der Waals surface area contributed by atoms with E-state index in [9.17, 15) is 14.0 Å². The Morgan fingerprint density at radius 1 is 1.10 bits per heavy atom. The lowest BCUT2D eigenvalue weighted by atomic mass is 9.96. The second kappa shape index (κ2) is 8.89. The quantitative estimate of drug-likeness (QED) is 0.660. The number of nitrogens with one attached hydrogen (secondary N) is 1. The van der Waals surface area contributed by atoms with Crippen LogP contribution in [0.4, 0.5) is 15.9 Å². The molecule has 2 aromatic carbocycles. The van der Waals surface area contributed by atoms with Crippen molar-refractivity contribution >= 4 is 29.0 Å². The maximum atomic E-state index is 13.0. The van der Waals surface area contributed by atoms with Gasteiger partial charge in [-0.05, 0) is 67.8 Å². The predicted molar refractivity (Wildman–Crippen MR) is 120 cm³/mol. The van der Waals surface area contributed by atoms with E-state index in [2.05, 4.69) is 15.3 Å². The van der Waals surface area contributed by atoms with E-state index < -0.39 is 0 Å². The first-order valence-electron chi connectivity index (χ1n) is 10.1. The molecule has 0 unspecified atom stereocenters. The fourth-order valence-electron chi connectivity index (χ4n) is 3.62. The molecule has 8 heteroatoms. The average molecular weight is 441 g/mol. The molecule has 1 aliphatic rings. The Hall–Kier alpha value is -3.19. The van der Waals surface area contributed by atoms with Crippen LogP contribution >= 0.6 is 11.6 Å². The van der Waals surface area contributed by atoms with Crippen LogP contribution in [0, 0.1) is 18.7 Å². The number of hydrogen-bond acceptors (Lipinski definition) is 4. The first-order valence-corrected chi connectivity index (χ1v) is 10.5. The second-order valence-corrected chi connectivity index (χ2v) is 8.04. The average Bonchev–Trinajstić information content (AvgIpc) is 2.78. The molecule has 1 aromatic heterocycles. The highest BCUT2D eigenvalue weighted by Gasteiger charge is 2.26. The Balaban J connectivity index is 1.44. The zero-order valence-electron chi connectivity index (χ0n) is 17.0. The third-order valence-electron chi connectivity index (χ3n) is 5.49. The van der Waals surface area contributed by atoms with Gasteiger partial charge in [-0.3, -0.25) is 9.59 Å². The second-order valence-electron chi connectivity index (χ2n) is 7.63. The van der Waals surface area contributed by atoms with Crippen LogP contribution in [0.15, 0.2) is 59.4 Å². The van der Waals surface area contributed by atoms with E-state index >= 15 is 0 Å². The summed E-state index contributed by atoms with van der Waals surface area (Å²) in [5.74, 6) is 0.128. The van der Waals surface area contributed by atoms with E-state index in [4.69, 9.17) is 11.6 Å². The molecule has 31 heavy (non-hydrogen) atoms. The fourth-order valence-corrected chi connectivity index (χ4v) is 3.79. The third kappa shape index (κ3) is 4.77. The molecule has 1 aliphatic heterocycles. The Labute approximate surface area is 184 Å². The summed E-state index contributed by atoms with van der Waals surface area (Å²) in [5.41, 5.74) is 1.88. The SMILES string of the molecule is Cc1ccc(-n2nc(N3CCC(C(=O)Nc4ccc(F)cc4)CC3)ccc2=O)cc1Cl. The van der Waals surface area contributed by atoms with Gasteiger partial charge in [0.1, 0.15) is 11.6 Å². The molecule has 1 fully saturated rings. The number of aryl methyl sites for hydroxylation is 1. The third-order valence-corrected chi connectivity index (χ3v) is 5.89. The summed E-state index contributed by atoms with van der Waals surface area (Å²) in [6.07, 6.45) is 1.31. The molecule has 1 saturated heterocycles. The predicted octanol–water partition coefficient (Wildman–Crippen LogP) is 4.19. The number of aromatic nitrogens is 2. The highest BCUT2D eigenvalue weighted by atomic mass is 35.5. The van der Waals surface area contributed by atoms with E-state index in [1.165, 1.54) is 22.9 Å². The van der Waals surface area contributed by atoms with Crippen LogP contribution in [0.25, 0.3) is 5.69 Å². The van der Waals surface area contributed by atoms with Crippen LogP contribution in [0.3, 0.4) is 0 Å². The van der Waals surface area contributed by atoms with Crippen LogP contribution < -0.4 is 15.8 Å². The van der Waals surface area contributed by atoms with Gasteiger partial charge in [0.25, 0.3) is 5.56 Å². The first-order chi connectivity index (χ1) is 14.9. The molecule has 4 rings (SSSR count). The van der Waals surface area contributed by atoms with E-state index in [1.54, 1.807) is 24.3 Å². The summed E-state index contributed by atoms with van der Waals surface area (Å²) < 4.78 is 14.4. The maximum Gasteiger partial charge on any atom is 0.271 e. The smallest absolute Gasteiger partial charge is 0.271 e. The molecular formula is C23H22ClFN4O2. The number of nitrogens with zero attached hydrogens (tertiary/aromatic N) is 3. The topological polar surface area (TPSA) is 67.2 Å². The van der Waals surface area contributed by atoms with E-state index in [0.717, 1.165) is 5.56 Å². The molecular weight excluding hydrogens is 419 g/mol. The molecule has 3 aromatic rings. The van der Waals surface area contributed by atoms with Gasteiger partial charge in [-0.2, -0.15) is 4.68 Å². The lowest BCUT2D eigenvalue weighted by molar-refractivity contribution is -0.120. The van der Waals surface area contributed by atoms with Gasteiger partial charge in [0.05, 0.1) is 5.69 Å². The minimum atomic E-state index is -0.340. The molecule has 0 spiro atoms. The van der Waals surface area contributed by atoms with E-state index in [-0.39, 0.29) is 23.2 Å². The number of anilines is 2. The van der Waals surface area contributed by atoms with Crippen molar-refractivity contribution in [3.8, 4) is 5.69 Å². The highest BCUT2D eigenvalue weighted by Crippen LogP contribution is 2.24. The summed E-state index contributed by atoms with van der Waals surface area (Å²) in [7, 11) is 0. The summed E-state index contributed by atoms with van der Waals surface area (Å²) in [6.45, 7) is 3.18. The normalized spacial score (nSPS) is 14.5. The Bertz CT molecular complexity index is 1150. The van der Waals surface area contributed by atoms with Crippen molar-refractivity contribution in [3.05, 3.63) is 81.4 Å². The van der Waals surface area contributed by atoms with Crippen molar-refractivity contribution < 1.29 is 9.18 Å². The van der Waals surface area contributed by atoms with Gasteiger partial charge in [0.15, 0.2) is 0 Å². The number of rotatable bonds is 4. The molecule has 0 bridgehead atoms. The van der Waals surface area contributed by atoms with Gasteiger partial charge in [0, 0.05) is 35.8 Å². The molecule has 160 valence electrons. The molecule has 6 nitrogen and oxygen atoms in total. The van der Waals surface area contributed by atoms with Crippen LogP contribution in [0.5, 0.6) is 0 Å². The fraction of sp³-hybridized carbons (Fsp3) is 0.261. The van der Waals surface area contributed by atoms with E-state index in [1.807, 2.05) is 19.1 Å². The van der Waals surface area contributed by atoms with Crippen molar-refractivity contribution in [1.29, 1.82) is 0 Å². The number of carbonyl (C=O) groups is 1. The minimum absolute atomic E-state index is 0.0708. The summed E-state index contributed by atoms with van der Waals surface area (Å²) in [6, 6.07) is 14.3. The minimum Gasteiger partial charge on any atom is -0.355 e. The number of carbonyl (C=O) groups excluding carboxylic acids is 1. The number of piperidine rings is 1. The monoisotopic (exact) mass is 440 g/mol. The number of benzene rings is 2.